The van der Waals surface area contributed by atoms with E-state index < -0.39 is 71.2 Å². The lowest BCUT2D eigenvalue weighted by atomic mass is 10.0. The number of carbonyl (C=O) groups excluding carboxylic acids is 8. The quantitative estimate of drug-likeness (QED) is 0.00451. The average molecular weight is 1850 g/mol. The van der Waals surface area contributed by atoms with E-state index in [1.165, 1.54) is 49.1 Å². The zero-order chi connectivity index (χ0) is 88.2. The first kappa shape index (κ1) is 105. The predicted octanol–water partition coefficient (Wildman–Crippen LogP) is 8.23. The van der Waals surface area contributed by atoms with E-state index in [1.807, 2.05) is 12.1 Å². The Kier molecular flexibility index (Phi) is 48.0. The van der Waals surface area contributed by atoms with Crippen LogP contribution in [0.4, 0.5) is 44.5 Å². The van der Waals surface area contributed by atoms with Crippen molar-refractivity contribution in [3.8, 4) is 0 Å². The summed E-state index contributed by atoms with van der Waals surface area (Å²) < 4.78 is 24.7. The Labute approximate surface area is 729 Å². The van der Waals surface area contributed by atoms with Crippen molar-refractivity contribution < 1.29 is 62.0 Å². The number of nitrogens with two attached hydrogens (primary N) is 10. The summed E-state index contributed by atoms with van der Waals surface area (Å²) in [5.74, 6) is -4.08. The van der Waals surface area contributed by atoms with Crippen molar-refractivity contribution in [1.29, 1.82) is 5.41 Å². The molecule has 6 rings (SSSR count). The number of thioether (sulfide) groups is 1. The molecule has 0 fully saturated rings. The number of esters is 3. The van der Waals surface area contributed by atoms with Crippen molar-refractivity contribution in [2.24, 2.45) is 32.9 Å². The Morgan fingerprint density at radius 2 is 0.714 bits per heavy atom. The molecule has 0 spiro atoms. The van der Waals surface area contributed by atoms with Gasteiger partial charge in [0.1, 0.15) is 29.3 Å². The molecule has 6 aromatic rings. The number of anilines is 6. The van der Waals surface area contributed by atoms with E-state index >= 15 is 0 Å². The molecule has 3 heterocycles. The number of unbranched alkanes of at least 4 members (excludes halogenated alkanes) is 3. The fourth-order valence-corrected chi connectivity index (χ4v) is 10.9. The molecule has 0 aliphatic rings. The van der Waals surface area contributed by atoms with Gasteiger partial charge in [-0.2, -0.15) is 0 Å². The number of methoxy groups -OCH3 is 3. The lowest BCUT2D eigenvalue weighted by molar-refractivity contribution is -0.144. The molecule has 0 unspecified atom stereocenters. The number of benzene rings is 3. The van der Waals surface area contributed by atoms with Gasteiger partial charge in [-0.15, -0.1) is 24.0 Å². The molecule has 0 aliphatic carbocycles. The normalized spacial score (nSPS) is 11.9. The van der Waals surface area contributed by atoms with E-state index in [-0.39, 0.29) is 114 Å². The standard InChI is InChI=1S/C27H39ClN8O5.C22H31ClN8O3.C21H34N2O4.C7H9ClN6OS.HI/c1-27(2,3)41-26(39)33-18(24(38)40-4)10-7-9-17-13-11-16(12-14-17)8-5-6-15-32-25(31)36-23(37)19-21(29)35-22(30)20(28)34-19;1-34-21(33)15(24)7-4-6-14-10-8-13(9-11-14)5-2-3-12-28-22(27)31-20(32)16-18(25)30-19(26)17(23)29-16;1-21(2,3)27-20(25)23-18(19(24)26-4)10-7-9-17-13-11-16(12-14-17)8-5-6-15-22;1-16-7(11)14-6(15)2-4(9)13-5(10)3(8)12-2;/h11-14,18H,5-10,15H2,1-4H3,(H,33,39)(H4,29,30,35)(H3,31,32,36,37);8-11,15H,2-7,12,24H2,1H3,(H4,25,26,30)(H3,27,28,31,32);11-14,18H,5-10,15,22H2,1-4H3,(H,23,25);1H3,(H4,9,10,13)(H2,11,14,15);1H/t18-;15-;18-;;/m111../s1. The van der Waals surface area contributed by atoms with Crippen molar-refractivity contribution in [2.75, 3.05) is 81.6 Å². The molecule has 37 nitrogen and oxygen atoms in total. The van der Waals surface area contributed by atoms with Gasteiger partial charge in [0.05, 0.1) is 21.3 Å². The number of amides is 5. The van der Waals surface area contributed by atoms with E-state index in [2.05, 4.69) is 132 Å². The second kappa shape index (κ2) is 54.6. The van der Waals surface area contributed by atoms with Crippen LogP contribution in [0.25, 0.3) is 0 Å². The highest BCUT2D eigenvalue weighted by Crippen LogP contribution is 2.22. The molecule has 3 atom stereocenters. The Balaban J connectivity index is 0.000000560. The zero-order valence-electron chi connectivity index (χ0n) is 68.6. The number of carbonyl (C=O) groups is 8. The number of aliphatic imine (C=N–C) groups is 2. The molecule has 0 saturated carbocycles. The predicted molar refractivity (Wildman–Crippen MR) is 476 cm³/mol. The van der Waals surface area contributed by atoms with Gasteiger partial charge >= 0.3 is 30.1 Å². The van der Waals surface area contributed by atoms with Crippen molar-refractivity contribution in [3.63, 3.8) is 0 Å². The average Bonchev–Trinajstić information content (AvgIpc) is 0.842. The monoisotopic (exact) mass is 1850 g/mol. The van der Waals surface area contributed by atoms with E-state index in [0.717, 1.165) is 114 Å². The SMILES string of the molecule is COC(=O)[C@@H](CCCc1ccc(CCCCN)cc1)NC(=O)OC(C)(C)C.COC(=O)[C@@H](CCCc1ccc(CCCCN=C(N)NC(=O)c2nc(Cl)c(N)nc2N)cc1)NC(=O)OC(C)(C)C.COC(=O)[C@H](N)CCCc1ccc(CCCCN=C(N)NC(=O)c2nc(Cl)c(N)nc2N)cc1.CSC(=N)NC(=O)c1nc(Cl)c(N)nc1N.I. The maximum atomic E-state index is 12.3. The van der Waals surface area contributed by atoms with E-state index in [9.17, 15) is 38.4 Å². The molecular formula is C77H114Cl3IN24O13S. The summed E-state index contributed by atoms with van der Waals surface area (Å²) in [4.78, 5) is 126. The van der Waals surface area contributed by atoms with Gasteiger partial charge < -0.3 is 97.0 Å². The molecule has 119 heavy (non-hydrogen) atoms. The Hall–Kier alpha value is -10.5. The maximum absolute atomic E-state index is 12.3. The summed E-state index contributed by atoms with van der Waals surface area (Å²) >= 11 is 18.2. The third-order valence-corrected chi connectivity index (χ3v) is 17.7. The highest BCUT2D eigenvalue weighted by atomic mass is 127. The number of nitrogen functional groups attached to an aromatic ring is 6. The number of rotatable bonds is 34. The first-order valence-corrected chi connectivity index (χ1v) is 39.9. The maximum Gasteiger partial charge on any atom is 0.408 e. The van der Waals surface area contributed by atoms with Crippen LogP contribution < -0.4 is 83.9 Å². The van der Waals surface area contributed by atoms with Gasteiger partial charge in [0.25, 0.3) is 17.7 Å². The smallest absolute Gasteiger partial charge is 0.408 e. The van der Waals surface area contributed by atoms with E-state index in [1.54, 1.807) is 47.8 Å². The van der Waals surface area contributed by atoms with Gasteiger partial charge in [-0.25, -0.2) is 49.1 Å². The molecule has 26 N–H and O–H groups in total. The number of alkyl carbamates (subject to hydrolysis) is 2. The largest absolute Gasteiger partial charge is 0.468 e. The summed E-state index contributed by atoms with van der Waals surface area (Å²) in [6.45, 7) is 12.2. The fourth-order valence-electron chi connectivity index (χ4n) is 10.3. The second-order valence-corrected chi connectivity index (χ2v) is 30.1. The molecule has 0 radical (unpaired) electrons. The minimum atomic E-state index is -0.776. The van der Waals surface area contributed by atoms with Crippen LogP contribution in [0.3, 0.4) is 0 Å². The Morgan fingerprint density at radius 1 is 0.437 bits per heavy atom. The van der Waals surface area contributed by atoms with Crippen LogP contribution in [-0.2, 0) is 76.6 Å². The number of hydrogen-bond donors (Lipinski definition) is 16. The van der Waals surface area contributed by atoms with Crippen molar-refractivity contribution in [2.45, 2.75) is 186 Å². The number of nitrogens with one attached hydrogen (secondary N) is 6. The Bertz CT molecular complexity index is 4340. The highest BCUT2D eigenvalue weighted by Gasteiger charge is 2.28. The van der Waals surface area contributed by atoms with Crippen LogP contribution in [0.5, 0.6) is 0 Å². The van der Waals surface area contributed by atoms with Gasteiger partial charge in [-0.3, -0.25) is 45.2 Å². The minimum Gasteiger partial charge on any atom is -0.468 e. The molecule has 0 saturated heterocycles. The fraction of sp³-hybridized carbons (Fsp3) is 0.468. The lowest BCUT2D eigenvalue weighted by Gasteiger charge is -2.22. The second-order valence-electron chi connectivity index (χ2n) is 28.2. The number of ether oxygens (including phenoxy) is 5. The molecule has 3 aromatic heterocycles. The van der Waals surface area contributed by atoms with Crippen LogP contribution >= 0.6 is 70.5 Å². The number of hydrogen-bond acceptors (Lipinski definition) is 31. The van der Waals surface area contributed by atoms with Crippen LogP contribution in [0, 0.1) is 5.41 Å². The van der Waals surface area contributed by atoms with Gasteiger partial charge in [0.2, 0.25) is 0 Å². The molecule has 654 valence electrons. The highest BCUT2D eigenvalue weighted by molar-refractivity contribution is 14.0. The van der Waals surface area contributed by atoms with E-state index in [0.29, 0.717) is 38.8 Å². The zero-order valence-corrected chi connectivity index (χ0v) is 74.0. The topological polar surface area (TPSA) is 629 Å². The number of halogens is 4. The summed E-state index contributed by atoms with van der Waals surface area (Å²) in [6, 6.07) is 23.0. The van der Waals surface area contributed by atoms with Crippen molar-refractivity contribution >= 4 is 170 Å². The molecule has 3 aromatic carbocycles. The summed E-state index contributed by atoms with van der Waals surface area (Å²) in [6.07, 6.45) is 14.8. The van der Waals surface area contributed by atoms with Gasteiger partial charge in [0.15, 0.2) is 84.5 Å². The molecule has 0 bridgehead atoms. The molecular weight excluding hydrogens is 1730 g/mol. The number of nitrogens with zero attached hydrogens (tertiary/aromatic N) is 8. The van der Waals surface area contributed by atoms with Gasteiger partial charge in [-0.05, 0) is 203 Å². The van der Waals surface area contributed by atoms with Crippen LogP contribution in [0.1, 0.15) is 183 Å². The van der Waals surface area contributed by atoms with Crippen LogP contribution in [0.2, 0.25) is 15.5 Å². The lowest BCUT2D eigenvalue weighted by Crippen LogP contribution is -2.44. The van der Waals surface area contributed by atoms with Crippen LogP contribution in [-0.4, -0.2) is 171 Å². The Morgan fingerprint density at radius 3 is 0.992 bits per heavy atom. The third-order valence-electron chi connectivity index (χ3n) is 16.3. The first-order valence-electron chi connectivity index (χ1n) is 37.5. The summed E-state index contributed by atoms with van der Waals surface area (Å²) in [5.41, 5.74) is 61.4. The number of amidine groups is 1. The van der Waals surface area contributed by atoms with Gasteiger partial charge in [-0.1, -0.05) is 119 Å². The molecule has 42 heteroatoms. The summed E-state index contributed by atoms with van der Waals surface area (Å²) in [5, 5.41) is 19.1. The molecule has 5 amide bonds. The van der Waals surface area contributed by atoms with Crippen molar-refractivity contribution in [1.82, 2.24) is 56.5 Å². The third kappa shape index (κ3) is 42.2. The number of aromatic nitrogens is 6. The van der Waals surface area contributed by atoms with Crippen LogP contribution in [0.15, 0.2) is 82.8 Å². The number of guanidine groups is 2. The van der Waals surface area contributed by atoms with Gasteiger partial charge in [0, 0.05) is 13.1 Å². The first-order chi connectivity index (χ1) is 55.7. The van der Waals surface area contributed by atoms with E-state index in [4.69, 9.17) is 116 Å². The summed E-state index contributed by atoms with van der Waals surface area (Å²) in [7, 11) is 3.94. The van der Waals surface area contributed by atoms with Crippen molar-refractivity contribution in [3.05, 3.63) is 139 Å². The number of aryl methyl sites for hydroxylation is 6. The molecule has 0 aliphatic heterocycles. The minimum absolute atomic E-state index is 0.